The number of nitrogens with two attached hydrogens (primary N) is 2. The van der Waals surface area contributed by atoms with Crippen LogP contribution in [0.2, 0.25) is 5.02 Å². The summed E-state index contributed by atoms with van der Waals surface area (Å²) < 4.78 is 0. The number of anilines is 1. The Morgan fingerprint density at radius 2 is 2.06 bits per heavy atom. The van der Waals surface area contributed by atoms with Crippen LogP contribution in [0.15, 0.2) is 18.2 Å². The Morgan fingerprint density at radius 3 is 2.65 bits per heavy atom. The monoisotopic (exact) mass is 255 g/mol. The molecule has 0 radical (unpaired) electrons. The lowest BCUT2D eigenvalue weighted by atomic mass is 10.1. The van der Waals surface area contributed by atoms with Crippen molar-refractivity contribution in [1.82, 2.24) is 5.32 Å². The maximum absolute atomic E-state index is 11.7. The molecule has 5 N–H and O–H groups in total. The molecule has 0 fully saturated rings. The van der Waals surface area contributed by atoms with Crippen LogP contribution in [0.25, 0.3) is 0 Å². The van der Waals surface area contributed by atoms with Crippen LogP contribution in [0.3, 0.4) is 0 Å². The fourth-order valence-electron chi connectivity index (χ4n) is 1.33. The Morgan fingerprint density at radius 1 is 1.35 bits per heavy atom. The second kappa shape index (κ2) is 6.10. The average Bonchev–Trinajstić information content (AvgIpc) is 2.24. The Hall–Kier alpha value is -1.75. The van der Waals surface area contributed by atoms with Crippen LogP contribution in [0.1, 0.15) is 23.2 Å². The van der Waals surface area contributed by atoms with Gasteiger partial charge in [-0.2, -0.15) is 0 Å². The number of carbonyl (C=O) groups is 2. The van der Waals surface area contributed by atoms with Crippen LogP contribution >= 0.6 is 11.6 Å². The van der Waals surface area contributed by atoms with Gasteiger partial charge in [0.1, 0.15) is 0 Å². The number of nitrogens with one attached hydrogen (secondary N) is 1. The molecule has 1 aromatic carbocycles. The molecule has 0 aliphatic rings. The molecule has 6 heteroatoms. The van der Waals surface area contributed by atoms with E-state index in [4.69, 9.17) is 23.1 Å². The maximum Gasteiger partial charge on any atom is 0.254 e. The third-order valence-corrected chi connectivity index (χ3v) is 2.47. The van der Waals surface area contributed by atoms with Crippen molar-refractivity contribution in [1.29, 1.82) is 0 Å². The third-order valence-electron chi connectivity index (χ3n) is 2.16. The second-order valence-electron chi connectivity index (χ2n) is 3.53. The standard InChI is InChI=1S/C11H14ClN3O2/c12-7-3-1-4-8(13)10(7)11(17)15-6-2-5-9(14)16/h1,3-4H,2,5-6,13H2,(H2,14,16)(H,15,17). The first kappa shape index (κ1) is 13.3. The SMILES string of the molecule is NC(=O)CCCNC(=O)c1c(N)cccc1Cl. The van der Waals surface area contributed by atoms with Crippen molar-refractivity contribution in [3.63, 3.8) is 0 Å². The molecule has 0 spiro atoms. The van der Waals surface area contributed by atoms with Crippen LogP contribution in [0.4, 0.5) is 5.69 Å². The predicted molar refractivity (Wildman–Crippen MR) is 66.6 cm³/mol. The number of hydrogen-bond donors (Lipinski definition) is 3. The summed E-state index contributed by atoms with van der Waals surface area (Å²) in [6.07, 6.45) is 0.726. The molecule has 0 unspecified atom stereocenters. The Labute approximate surface area is 104 Å². The number of benzene rings is 1. The van der Waals surface area contributed by atoms with Crippen LogP contribution < -0.4 is 16.8 Å². The highest BCUT2D eigenvalue weighted by atomic mass is 35.5. The number of carbonyl (C=O) groups excluding carboxylic acids is 2. The summed E-state index contributed by atoms with van der Waals surface area (Å²) in [6.45, 7) is 0.354. The zero-order chi connectivity index (χ0) is 12.8. The molecule has 0 aliphatic carbocycles. The van der Waals surface area contributed by atoms with E-state index in [9.17, 15) is 9.59 Å². The minimum Gasteiger partial charge on any atom is -0.398 e. The minimum atomic E-state index is -0.392. The molecule has 0 bridgehead atoms. The third kappa shape index (κ3) is 3.96. The van der Waals surface area contributed by atoms with Crippen molar-refractivity contribution in [2.45, 2.75) is 12.8 Å². The van der Waals surface area contributed by atoms with Gasteiger partial charge in [0.05, 0.1) is 10.6 Å². The molecule has 0 heterocycles. The molecule has 5 nitrogen and oxygen atoms in total. The molecule has 0 saturated heterocycles. The molecule has 92 valence electrons. The molecule has 0 aliphatic heterocycles. The van der Waals surface area contributed by atoms with Gasteiger partial charge in [0.2, 0.25) is 5.91 Å². The Kier molecular flexibility index (Phi) is 4.78. The lowest BCUT2D eigenvalue weighted by Crippen LogP contribution is -2.26. The summed E-state index contributed by atoms with van der Waals surface area (Å²) in [5.41, 5.74) is 11.2. The van der Waals surface area contributed by atoms with Crippen LogP contribution in [-0.2, 0) is 4.79 Å². The van der Waals surface area contributed by atoms with E-state index in [-0.39, 0.29) is 17.9 Å². The number of nitrogen functional groups attached to an aromatic ring is 1. The van der Waals surface area contributed by atoms with E-state index in [0.29, 0.717) is 23.7 Å². The fourth-order valence-corrected chi connectivity index (χ4v) is 1.60. The lowest BCUT2D eigenvalue weighted by molar-refractivity contribution is -0.118. The van der Waals surface area contributed by atoms with E-state index in [1.54, 1.807) is 18.2 Å². The van der Waals surface area contributed by atoms with Crippen molar-refractivity contribution >= 4 is 29.1 Å². The highest BCUT2D eigenvalue weighted by molar-refractivity contribution is 6.34. The van der Waals surface area contributed by atoms with Gasteiger partial charge in [-0.1, -0.05) is 17.7 Å². The molecule has 2 amide bonds. The summed E-state index contributed by atoms with van der Waals surface area (Å²) in [5.74, 6) is -0.742. The largest absolute Gasteiger partial charge is 0.398 e. The number of rotatable bonds is 5. The summed E-state index contributed by atoms with van der Waals surface area (Å²) in [7, 11) is 0. The first-order valence-corrected chi connectivity index (χ1v) is 5.50. The predicted octanol–water partition coefficient (Wildman–Crippen LogP) is 0.917. The van der Waals surface area contributed by atoms with Gasteiger partial charge in [-0.15, -0.1) is 0 Å². The van der Waals surface area contributed by atoms with E-state index in [0.717, 1.165) is 0 Å². The van der Waals surface area contributed by atoms with Gasteiger partial charge < -0.3 is 16.8 Å². The van der Waals surface area contributed by atoms with Crippen LogP contribution in [0, 0.1) is 0 Å². The van der Waals surface area contributed by atoms with Crippen molar-refractivity contribution in [2.75, 3.05) is 12.3 Å². The highest BCUT2D eigenvalue weighted by Crippen LogP contribution is 2.21. The molecular formula is C11H14ClN3O2. The van der Waals surface area contributed by atoms with Crippen molar-refractivity contribution in [3.05, 3.63) is 28.8 Å². The quantitative estimate of drug-likeness (QED) is 0.539. The van der Waals surface area contributed by atoms with Gasteiger partial charge in [0, 0.05) is 18.7 Å². The summed E-state index contributed by atoms with van der Waals surface area (Å²) in [5, 5.41) is 2.93. The van der Waals surface area contributed by atoms with Crippen molar-refractivity contribution in [2.24, 2.45) is 5.73 Å². The number of halogens is 1. The maximum atomic E-state index is 11.7. The zero-order valence-corrected chi connectivity index (χ0v) is 9.96. The number of primary amides is 1. The van der Waals surface area contributed by atoms with Gasteiger partial charge in [-0.3, -0.25) is 9.59 Å². The van der Waals surface area contributed by atoms with E-state index >= 15 is 0 Å². The molecule has 1 rings (SSSR count). The summed E-state index contributed by atoms with van der Waals surface area (Å²) in [4.78, 5) is 22.2. The smallest absolute Gasteiger partial charge is 0.254 e. The van der Waals surface area contributed by atoms with Gasteiger partial charge in [-0.25, -0.2) is 0 Å². The van der Waals surface area contributed by atoms with E-state index < -0.39 is 5.91 Å². The molecule has 0 aromatic heterocycles. The molecule has 17 heavy (non-hydrogen) atoms. The molecular weight excluding hydrogens is 242 g/mol. The number of amides is 2. The topological polar surface area (TPSA) is 98.2 Å². The fraction of sp³-hybridized carbons (Fsp3) is 0.273. The van der Waals surface area contributed by atoms with Crippen molar-refractivity contribution in [3.8, 4) is 0 Å². The van der Waals surface area contributed by atoms with Gasteiger partial charge in [0.25, 0.3) is 5.91 Å². The Balaban J connectivity index is 2.55. The highest BCUT2D eigenvalue weighted by Gasteiger charge is 2.12. The van der Waals surface area contributed by atoms with Crippen LogP contribution in [0.5, 0.6) is 0 Å². The first-order chi connectivity index (χ1) is 8.02. The first-order valence-electron chi connectivity index (χ1n) is 5.13. The summed E-state index contributed by atoms with van der Waals surface area (Å²) in [6, 6.07) is 4.86. The minimum absolute atomic E-state index is 0.234. The lowest BCUT2D eigenvalue weighted by Gasteiger charge is -2.08. The van der Waals surface area contributed by atoms with Gasteiger partial charge >= 0.3 is 0 Å². The van der Waals surface area contributed by atoms with Gasteiger partial charge in [0.15, 0.2) is 0 Å². The van der Waals surface area contributed by atoms with E-state index in [1.807, 2.05) is 0 Å². The molecule has 0 atom stereocenters. The molecule has 1 aromatic rings. The Bertz CT molecular complexity index is 414. The number of hydrogen-bond acceptors (Lipinski definition) is 3. The zero-order valence-electron chi connectivity index (χ0n) is 9.20. The van der Waals surface area contributed by atoms with Gasteiger partial charge in [-0.05, 0) is 18.6 Å². The average molecular weight is 256 g/mol. The normalized spacial score (nSPS) is 9.94. The second-order valence-corrected chi connectivity index (χ2v) is 3.94. The van der Waals surface area contributed by atoms with E-state index in [2.05, 4.69) is 5.32 Å². The van der Waals surface area contributed by atoms with Crippen LogP contribution in [-0.4, -0.2) is 18.4 Å². The van der Waals surface area contributed by atoms with Crippen molar-refractivity contribution < 1.29 is 9.59 Å². The molecule has 0 saturated carbocycles. The van der Waals surface area contributed by atoms with E-state index in [1.165, 1.54) is 0 Å². The summed E-state index contributed by atoms with van der Waals surface area (Å²) >= 11 is 5.87.